The number of carbonyl (C=O) groups is 1. The maximum Gasteiger partial charge on any atom is 0.254 e. The van der Waals surface area contributed by atoms with Gasteiger partial charge in [0.1, 0.15) is 6.10 Å². The maximum atomic E-state index is 11.7. The summed E-state index contributed by atoms with van der Waals surface area (Å²) in [4.78, 5) is 11.7. The van der Waals surface area contributed by atoms with Gasteiger partial charge < -0.3 is 15.4 Å². The zero-order valence-electron chi connectivity index (χ0n) is 8.56. The summed E-state index contributed by atoms with van der Waals surface area (Å²) in [6.07, 6.45) is 2.95. The predicted octanol–water partition coefficient (Wildman–Crippen LogP) is -0.653. The number of aryl methyl sites for hydroxylation is 1. The van der Waals surface area contributed by atoms with Gasteiger partial charge in [0.2, 0.25) is 0 Å². The first-order chi connectivity index (χ1) is 7.25. The Morgan fingerprint density at radius 1 is 1.80 bits per heavy atom. The fourth-order valence-electron chi connectivity index (χ4n) is 1.44. The van der Waals surface area contributed by atoms with E-state index < -0.39 is 6.10 Å². The van der Waals surface area contributed by atoms with E-state index in [9.17, 15) is 4.79 Å². The molecule has 82 valence electrons. The zero-order chi connectivity index (χ0) is 10.7. The van der Waals surface area contributed by atoms with Gasteiger partial charge in [-0.3, -0.25) is 9.48 Å². The van der Waals surface area contributed by atoms with Crippen molar-refractivity contribution in [2.24, 2.45) is 7.05 Å². The minimum atomic E-state index is -0.404. The van der Waals surface area contributed by atoms with Crippen LogP contribution in [-0.4, -0.2) is 41.5 Å². The summed E-state index contributed by atoms with van der Waals surface area (Å²) < 4.78 is 6.95. The van der Waals surface area contributed by atoms with Gasteiger partial charge in [-0.15, -0.1) is 0 Å². The Hall–Kier alpha value is -1.40. The van der Waals surface area contributed by atoms with Crippen LogP contribution in [0.2, 0.25) is 0 Å². The topological polar surface area (TPSA) is 68.2 Å². The summed E-state index contributed by atoms with van der Waals surface area (Å²) in [5.74, 6) is -0.129. The third kappa shape index (κ3) is 2.54. The second-order valence-corrected chi connectivity index (χ2v) is 3.46. The Bertz CT molecular complexity index is 344. The molecule has 0 bridgehead atoms. The molecule has 2 N–H and O–H groups in total. The highest BCUT2D eigenvalue weighted by Crippen LogP contribution is 2.06. The molecular weight excluding hydrogens is 196 g/mol. The minimum Gasteiger partial charge on any atom is -0.366 e. The van der Waals surface area contributed by atoms with Gasteiger partial charge in [0.15, 0.2) is 0 Å². The van der Waals surface area contributed by atoms with Crippen LogP contribution in [0.4, 0.5) is 5.69 Å². The molecule has 1 aliphatic rings. The molecule has 1 aliphatic heterocycles. The molecule has 1 aromatic heterocycles. The summed E-state index contributed by atoms with van der Waals surface area (Å²) in [6, 6.07) is 0. The van der Waals surface area contributed by atoms with Crippen LogP contribution in [0, 0.1) is 0 Å². The number of ether oxygens (including phenoxy) is 1. The first-order valence-electron chi connectivity index (χ1n) is 4.87. The average Bonchev–Trinajstić information content (AvgIpc) is 2.65. The zero-order valence-corrected chi connectivity index (χ0v) is 8.56. The van der Waals surface area contributed by atoms with E-state index in [0.29, 0.717) is 18.8 Å². The highest BCUT2D eigenvalue weighted by atomic mass is 16.5. The van der Waals surface area contributed by atoms with E-state index in [1.54, 1.807) is 24.1 Å². The normalized spacial score (nSPS) is 21.3. The SMILES string of the molecule is Cn1cc(NC(=O)[C@H]2CNCCO2)cn1. The number of hydrogen-bond acceptors (Lipinski definition) is 4. The van der Waals surface area contributed by atoms with Crippen molar-refractivity contribution in [3.63, 3.8) is 0 Å². The summed E-state index contributed by atoms with van der Waals surface area (Å²) in [7, 11) is 1.80. The number of rotatable bonds is 2. The fourth-order valence-corrected chi connectivity index (χ4v) is 1.44. The van der Waals surface area contributed by atoms with Crippen LogP contribution < -0.4 is 10.6 Å². The van der Waals surface area contributed by atoms with Crippen molar-refractivity contribution in [3.8, 4) is 0 Å². The van der Waals surface area contributed by atoms with E-state index in [1.807, 2.05) is 0 Å². The van der Waals surface area contributed by atoms with Gasteiger partial charge in [-0.25, -0.2) is 0 Å². The molecule has 2 heterocycles. The average molecular weight is 210 g/mol. The van der Waals surface area contributed by atoms with Crippen LogP contribution in [0.25, 0.3) is 0 Å². The van der Waals surface area contributed by atoms with Crippen LogP contribution in [0.5, 0.6) is 0 Å². The fraction of sp³-hybridized carbons (Fsp3) is 0.556. The van der Waals surface area contributed by atoms with E-state index in [2.05, 4.69) is 15.7 Å². The molecule has 0 saturated carbocycles. The number of nitrogens with one attached hydrogen (secondary N) is 2. The molecule has 2 rings (SSSR count). The second-order valence-electron chi connectivity index (χ2n) is 3.46. The summed E-state index contributed by atoms with van der Waals surface area (Å²) >= 11 is 0. The van der Waals surface area contributed by atoms with E-state index in [1.165, 1.54) is 0 Å². The molecule has 1 amide bonds. The molecule has 15 heavy (non-hydrogen) atoms. The lowest BCUT2D eigenvalue weighted by Crippen LogP contribution is -2.45. The molecular formula is C9H14N4O2. The van der Waals surface area contributed by atoms with Crippen molar-refractivity contribution < 1.29 is 9.53 Å². The van der Waals surface area contributed by atoms with E-state index in [-0.39, 0.29) is 5.91 Å². The number of hydrogen-bond donors (Lipinski definition) is 2. The van der Waals surface area contributed by atoms with Gasteiger partial charge in [0.05, 0.1) is 18.5 Å². The maximum absolute atomic E-state index is 11.7. The molecule has 0 spiro atoms. The van der Waals surface area contributed by atoms with Gasteiger partial charge in [0, 0.05) is 26.3 Å². The van der Waals surface area contributed by atoms with Crippen LogP contribution in [0.1, 0.15) is 0 Å². The standard InChI is InChI=1S/C9H14N4O2/c1-13-6-7(4-11-13)12-9(14)8-5-10-2-3-15-8/h4,6,8,10H,2-3,5H2,1H3,(H,12,14)/t8-/m1/s1. The Morgan fingerprint density at radius 3 is 3.27 bits per heavy atom. The quantitative estimate of drug-likeness (QED) is 0.680. The van der Waals surface area contributed by atoms with Crippen LogP contribution in [0.15, 0.2) is 12.4 Å². The lowest BCUT2D eigenvalue weighted by molar-refractivity contribution is -0.128. The molecule has 1 atom stereocenters. The number of anilines is 1. The van der Waals surface area contributed by atoms with Gasteiger partial charge in [-0.2, -0.15) is 5.10 Å². The van der Waals surface area contributed by atoms with Gasteiger partial charge in [-0.05, 0) is 0 Å². The molecule has 0 unspecified atom stereocenters. The molecule has 1 saturated heterocycles. The van der Waals surface area contributed by atoms with Crippen molar-refractivity contribution in [1.82, 2.24) is 15.1 Å². The smallest absolute Gasteiger partial charge is 0.254 e. The Kier molecular flexibility index (Phi) is 2.98. The molecule has 6 heteroatoms. The van der Waals surface area contributed by atoms with Crippen molar-refractivity contribution in [2.45, 2.75) is 6.10 Å². The molecule has 6 nitrogen and oxygen atoms in total. The van der Waals surface area contributed by atoms with Crippen molar-refractivity contribution in [1.29, 1.82) is 0 Å². The molecule has 0 radical (unpaired) electrons. The molecule has 1 fully saturated rings. The summed E-state index contributed by atoms with van der Waals surface area (Å²) in [5, 5.41) is 9.81. The van der Waals surface area contributed by atoms with Crippen LogP contribution in [0.3, 0.4) is 0 Å². The monoisotopic (exact) mass is 210 g/mol. The van der Waals surface area contributed by atoms with Gasteiger partial charge in [0.25, 0.3) is 5.91 Å². The first-order valence-corrected chi connectivity index (χ1v) is 4.87. The molecule has 0 aliphatic carbocycles. The van der Waals surface area contributed by atoms with E-state index in [0.717, 1.165) is 6.54 Å². The number of amides is 1. The summed E-state index contributed by atoms with van der Waals surface area (Å²) in [5.41, 5.74) is 0.691. The Labute approximate surface area is 87.6 Å². The third-order valence-corrected chi connectivity index (χ3v) is 2.19. The highest BCUT2D eigenvalue weighted by molar-refractivity contribution is 5.94. The number of morpholine rings is 1. The third-order valence-electron chi connectivity index (χ3n) is 2.19. The highest BCUT2D eigenvalue weighted by Gasteiger charge is 2.21. The van der Waals surface area contributed by atoms with Gasteiger partial charge in [-0.1, -0.05) is 0 Å². The summed E-state index contributed by atoms with van der Waals surface area (Å²) in [6.45, 7) is 1.94. The first kappa shape index (κ1) is 10.1. The Balaban J connectivity index is 1.91. The van der Waals surface area contributed by atoms with Crippen molar-refractivity contribution in [3.05, 3.63) is 12.4 Å². The van der Waals surface area contributed by atoms with Gasteiger partial charge >= 0.3 is 0 Å². The van der Waals surface area contributed by atoms with Crippen molar-refractivity contribution in [2.75, 3.05) is 25.0 Å². The van der Waals surface area contributed by atoms with Crippen molar-refractivity contribution >= 4 is 11.6 Å². The number of aromatic nitrogens is 2. The predicted molar refractivity (Wildman–Crippen MR) is 54.4 cm³/mol. The molecule has 0 aromatic carbocycles. The van der Waals surface area contributed by atoms with E-state index in [4.69, 9.17) is 4.74 Å². The lowest BCUT2D eigenvalue weighted by atomic mass is 10.3. The second kappa shape index (κ2) is 4.41. The number of nitrogens with zero attached hydrogens (tertiary/aromatic N) is 2. The lowest BCUT2D eigenvalue weighted by Gasteiger charge is -2.22. The van der Waals surface area contributed by atoms with Crippen LogP contribution >= 0.6 is 0 Å². The van der Waals surface area contributed by atoms with E-state index >= 15 is 0 Å². The molecule has 1 aromatic rings. The Morgan fingerprint density at radius 2 is 2.67 bits per heavy atom. The minimum absolute atomic E-state index is 0.129. The largest absolute Gasteiger partial charge is 0.366 e. The number of carbonyl (C=O) groups excluding carboxylic acids is 1. The van der Waals surface area contributed by atoms with Crippen LogP contribution in [-0.2, 0) is 16.6 Å².